The van der Waals surface area contributed by atoms with Crippen LogP contribution in [0.15, 0.2) is 5.16 Å². The first-order chi connectivity index (χ1) is 3.91. The highest BCUT2D eigenvalue weighted by Gasteiger charge is 1.79. The SMILES string of the molecule is N#CCCC/C=N/O. The van der Waals surface area contributed by atoms with Crippen molar-refractivity contribution in [3.8, 4) is 6.07 Å². The van der Waals surface area contributed by atoms with E-state index in [1.54, 1.807) is 0 Å². The fraction of sp³-hybridized carbons (Fsp3) is 0.600. The van der Waals surface area contributed by atoms with Gasteiger partial charge in [0.25, 0.3) is 0 Å². The summed E-state index contributed by atoms with van der Waals surface area (Å²) in [5, 5.41) is 18.6. The molecule has 0 aromatic rings. The van der Waals surface area contributed by atoms with Crippen LogP contribution < -0.4 is 0 Å². The minimum atomic E-state index is 0.534. The van der Waals surface area contributed by atoms with Crippen molar-refractivity contribution < 1.29 is 5.21 Å². The molecule has 0 aliphatic rings. The molecule has 0 unspecified atom stereocenters. The van der Waals surface area contributed by atoms with Crippen LogP contribution in [0.1, 0.15) is 19.3 Å². The molecule has 0 aliphatic heterocycles. The summed E-state index contributed by atoms with van der Waals surface area (Å²) in [5.41, 5.74) is 0. The van der Waals surface area contributed by atoms with E-state index in [2.05, 4.69) is 5.16 Å². The van der Waals surface area contributed by atoms with E-state index in [-0.39, 0.29) is 0 Å². The Hall–Kier alpha value is -1.04. The van der Waals surface area contributed by atoms with Crippen LogP contribution in [-0.2, 0) is 0 Å². The van der Waals surface area contributed by atoms with Gasteiger partial charge in [-0.3, -0.25) is 0 Å². The van der Waals surface area contributed by atoms with E-state index in [0.29, 0.717) is 12.8 Å². The maximum absolute atomic E-state index is 8.01. The van der Waals surface area contributed by atoms with Crippen LogP contribution in [0.25, 0.3) is 0 Å². The summed E-state index contributed by atoms with van der Waals surface area (Å²) in [6.07, 6.45) is 3.38. The smallest absolute Gasteiger partial charge is 0.0621 e. The van der Waals surface area contributed by atoms with Crippen molar-refractivity contribution in [3.63, 3.8) is 0 Å². The zero-order valence-corrected chi connectivity index (χ0v) is 4.54. The summed E-state index contributed by atoms with van der Waals surface area (Å²) in [5.74, 6) is 0. The summed E-state index contributed by atoms with van der Waals surface area (Å²) < 4.78 is 0. The Bertz CT molecular complexity index is 103. The average molecular weight is 112 g/mol. The molecule has 0 amide bonds. The van der Waals surface area contributed by atoms with Crippen molar-refractivity contribution in [2.75, 3.05) is 0 Å². The minimum Gasteiger partial charge on any atom is -0.411 e. The lowest BCUT2D eigenvalue weighted by Gasteiger charge is -1.80. The first-order valence-corrected chi connectivity index (χ1v) is 2.44. The first-order valence-electron chi connectivity index (χ1n) is 2.44. The molecule has 0 aliphatic carbocycles. The Labute approximate surface area is 48.2 Å². The summed E-state index contributed by atoms with van der Waals surface area (Å²) in [4.78, 5) is 0. The molecule has 0 spiro atoms. The fourth-order valence-electron chi connectivity index (χ4n) is 0.330. The van der Waals surface area contributed by atoms with Gasteiger partial charge in [-0.1, -0.05) is 0 Å². The molecular weight excluding hydrogens is 104 g/mol. The van der Waals surface area contributed by atoms with Gasteiger partial charge in [-0.05, 0) is 12.8 Å². The van der Waals surface area contributed by atoms with E-state index in [9.17, 15) is 0 Å². The molecule has 0 saturated heterocycles. The van der Waals surface area contributed by atoms with Crippen LogP contribution in [0.4, 0.5) is 0 Å². The molecule has 0 radical (unpaired) electrons. The Kier molecular flexibility index (Phi) is 5.19. The lowest BCUT2D eigenvalue weighted by Crippen LogP contribution is -1.74. The van der Waals surface area contributed by atoms with Crippen LogP contribution in [0, 0.1) is 11.3 Å². The first kappa shape index (κ1) is 6.96. The highest BCUT2D eigenvalue weighted by molar-refractivity contribution is 5.55. The Morgan fingerprint density at radius 2 is 2.50 bits per heavy atom. The molecule has 1 N–H and O–H groups in total. The normalized spacial score (nSPS) is 9.38. The molecule has 3 heteroatoms. The Balaban J connectivity index is 2.85. The van der Waals surface area contributed by atoms with E-state index in [4.69, 9.17) is 10.5 Å². The molecule has 0 aromatic carbocycles. The number of hydrogen-bond donors (Lipinski definition) is 1. The van der Waals surface area contributed by atoms with Crippen molar-refractivity contribution >= 4 is 6.21 Å². The lowest BCUT2D eigenvalue weighted by atomic mass is 10.3. The van der Waals surface area contributed by atoms with Gasteiger partial charge in [-0.15, -0.1) is 5.16 Å². The maximum Gasteiger partial charge on any atom is 0.0621 e. The van der Waals surface area contributed by atoms with Gasteiger partial charge in [0, 0.05) is 12.6 Å². The van der Waals surface area contributed by atoms with E-state index in [0.717, 1.165) is 6.42 Å². The maximum atomic E-state index is 8.01. The Morgan fingerprint density at radius 3 is 3.00 bits per heavy atom. The second-order valence-corrected chi connectivity index (χ2v) is 1.35. The molecular formula is C5H8N2O. The van der Waals surface area contributed by atoms with Gasteiger partial charge < -0.3 is 5.21 Å². The fourth-order valence-corrected chi connectivity index (χ4v) is 0.330. The third kappa shape index (κ3) is 4.96. The molecule has 44 valence electrons. The molecule has 8 heavy (non-hydrogen) atoms. The lowest BCUT2D eigenvalue weighted by molar-refractivity contribution is 0.320. The van der Waals surface area contributed by atoms with Crippen LogP contribution in [-0.4, -0.2) is 11.4 Å². The van der Waals surface area contributed by atoms with E-state index in [1.165, 1.54) is 6.21 Å². The third-order valence-corrected chi connectivity index (χ3v) is 0.703. The number of nitriles is 1. The molecule has 0 fully saturated rings. The quantitative estimate of drug-likeness (QED) is 0.257. The van der Waals surface area contributed by atoms with Gasteiger partial charge in [0.2, 0.25) is 0 Å². The van der Waals surface area contributed by atoms with Crippen LogP contribution in [0.2, 0.25) is 0 Å². The van der Waals surface area contributed by atoms with E-state index in [1.807, 2.05) is 6.07 Å². The topological polar surface area (TPSA) is 56.4 Å². The molecule has 0 bridgehead atoms. The Morgan fingerprint density at radius 1 is 1.75 bits per heavy atom. The van der Waals surface area contributed by atoms with Crippen molar-refractivity contribution in [1.82, 2.24) is 0 Å². The van der Waals surface area contributed by atoms with Crippen molar-refractivity contribution in [3.05, 3.63) is 0 Å². The molecule has 0 rings (SSSR count). The standard InChI is InChI=1S/C5H8N2O/c6-4-2-1-3-5-7-8/h5,8H,1-3H2/b7-5+. The zero-order valence-electron chi connectivity index (χ0n) is 4.54. The summed E-state index contributed by atoms with van der Waals surface area (Å²) in [6.45, 7) is 0. The number of unbranched alkanes of at least 4 members (excludes halogenated alkanes) is 2. The second kappa shape index (κ2) is 5.96. The van der Waals surface area contributed by atoms with Gasteiger partial charge in [-0.2, -0.15) is 5.26 Å². The highest BCUT2D eigenvalue weighted by atomic mass is 16.4. The number of hydrogen-bond acceptors (Lipinski definition) is 3. The number of nitrogens with zero attached hydrogens (tertiary/aromatic N) is 2. The van der Waals surface area contributed by atoms with Gasteiger partial charge >= 0.3 is 0 Å². The van der Waals surface area contributed by atoms with Gasteiger partial charge in [-0.25, -0.2) is 0 Å². The van der Waals surface area contributed by atoms with Gasteiger partial charge in [0.1, 0.15) is 0 Å². The van der Waals surface area contributed by atoms with E-state index >= 15 is 0 Å². The summed E-state index contributed by atoms with van der Waals surface area (Å²) in [7, 11) is 0. The molecule has 0 saturated carbocycles. The third-order valence-electron chi connectivity index (χ3n) is 0.703. The predicted molar refractivity (Wildman–Crippen MR) is 29.7 cm³/mol. The zero-order chi connectivity index (χ0) is 6.24. The summed E-state index contributed by atoms with van der Waals surface area (Å²) >= 11 is 0. The molecule has 3 nitrogen and oxygen atoms in total. The van der Waals surface area contributed by atoms with Gasteiger partial charge in [0.15, 0.2) is 0 Å². The number of oxime groups is 1. The van der Waals surface area contributed by atoms with E-state index < -0.39 is 0 Å². The summed E-state index contributed by atoms with van der Waals surface area (Å²) in [6, 6.07) is 1.98. The largest absolute Gasteiger partial charge is 0.411 e. The molecule has 0 atom stereocenters. The average Bonchev–Trinajstić information content (AvgIpc) is 1.81. The second-order valence-electron chi connectivity index (χ2n) is 1.35. The predicted octanol–water partition coefficient (Wildman–Crippen LogP) is 1.14. The monoisotopic (exact) mass is 112 g/mol. The molecule has 0 aromatic heterocycles. The van der Waals surface area contributed by atoms with Crippen LogP contribution in [0.3, 0.4) is 0 Å². The van der Waals surface area contributed by atoms with Crippen molar-refractivity contribution in [2.24, 2.45) is 5.16 Å². The van der Waals surface area contributed by atoms with Crippen molar-refractivity contribution in [1.29, 1.82) is 5.26 Å². The highest BCUT2D eigenvalue weighted by Crippen LogP contribution is 1.88. The number of rotatable bonds is 3. The minimum absolute atomic E-state index is 0.534. The van der Waals surface area contributed by atoms with Crippen LogP contribution in [0.5, 0.6) is 0 Å². The molecule has 0 heterocycles. The van der Waals surface area contributed by atoms with Gasteiger partial charge in [0.05, 0.1) is 6.07 Å². The van der Waals surface area contributed by atoms with Crippen LogP contribution >= 0.6 is 0 Å². The van der Waals surface area contributed by atoms with Crippen molar-refractivity contribution in [2.45, 2.75) is 19.3 Å².